The summed E-state index contributed by atoms with van der Waals surface area (Å²) in [6, 6.07) is 12.7. The fourth-order valence-electron chi connectivity index (χ4n) is 3.88. The first-order valence-corrected chi connectivity index (χ1v) is 11.3. The van der Waals surface area contributed by atoms with Crippen LogP contribution in [0, 0.1) is 0 Å². The van der Waals surface area contributed by atoms with E-state index in [9.17, 15) is 0 Å². The summed E-state index contributed by atoms with van der Waals surface area (Å²) >= 11 is 13.5. The maximum atomic E-state index is 6.07. The molecule has 0 unspecified atom stereocenters. The van der Waals surface area contributed by atoms with Crippen LogP contribution in [-0.4, -0.2) is 43.9 Å². The van der Waals surface area contributed by atoms with E-state index in [2.05, 4.69) is 42.0 Å². The molecule has 0 bridgehead atoms. The average molecular weight is 425 g/mol. The van der Waals surface area contributed by atoms with Gasteiger partial charge >= 0.3 is 0 Å². The molecule has 0 amide bonds. The molecular weight excluding hydrogens is 396 g/mol. The number of halogens is 1. The molecule has 7 heteroatoms. The van der Waals surface area contributed by atoms with Crippen LogP contribution < -0.4 is 20.4 Å². The number of hydrogen-bond acceptors (Lipinski definition) is 2. The Hall–Kier alpha value is -1.18. The van der Waals surface area contributed by atoms with Gasteiger partial charge in [-0.1, -0.05) is 23.7 Å². The van der Waals surface area contributed by atoms with Crippen molar-refractivity contribution in [2.75, 3.05) is 38.0 Å². The van der Waals surface area contributed by atoms with Gasteiger partial charge in [0.05, 0.1) is 17.5 Å². The predicted molar refractivity (Wildman–Crippen MR) is 119 cm³/mol. The number of hydrogen-bond donors (Lipinski definition) is 4. The molecule has 0 radical (unpaired) electrons. The Labute approximate surface area is 176 Å². The van der Waals surface area contributed by atoms with Gasteiger partial charge in [0.1, 0.15) is 32.2 Å². The van der Waals surface area contributed by atoms with Gasteiger partial charge in [0.2, 0.25) is 0 Å². The van der Waals surface area contributed by atoms with Crippen LogP contribution in [0.4, 0.5) is 5.69 Å². The molecular formula is C20H29ClN4S2+2. The van der Waals surface area contributed by atoms with Crippen LogP contribution in [-0.2, 0) is 0 Å². The van der Waals surface area contributed by atoms with Crippen molar-refractivity contribution in [3.8, 4) is 0 Å². The van der Waals surface area contributed by atoms with Gasteiger partial charge in [-0.15, -0.1) is 11.3 Å². The van der Waals surface area contributed by atoms with Gasteiger partial charge in [0.25, 0.3) is 0 Å². The van der Waals surface area contributed by atoms with Crippen molar-refractivity contribution in [1.82, 2.24) is 5.32 Å². The number of thiophene rings is 1. The zero-order valence-electron chi connectivity index (χ0n) is 15.9. The summed E-state index contributed by atoms with van der Waals surface area (Å²) < 4.78 is 0. The van der Waals surface area contributed by atoms with E-state index >= 15 is 0 Å². The Morgan fingerprint density at radius 3 is 2.63 bits per heavy atom. The van der Waals surface area contributed by atoms with E-state index in [0.717, 1.165) is 5.69 Å². The Kier molecular flexibility index (Phi) is 7.49. The molecule has 1 aromatic carbocycles. The normalized spacial score (nSPS) is 22.0. The number of nitrogens with one attached hydrogen (secondary N) is 4. The van der Waals surface area contributed by atoms with Crippen molar-refractivity contribution in [3.05, 3.63) is 51.7 Å². The zero-order valence-corrected chi connectivity index (χ0v) is 18.3. The van der Waals surface area contributed by atoms with Crippen LogP contribution in [0.1, 0.15) is 24.8 Å². The minimum atomic E-state index is 0.237. The first-order valence-electron chi connectivity index (χ1n) is 9.61. The summed E-state index contributed by atoms with van der Waals surface area (Å²) in [7, 11) is 0. The van der Waals surface area contributed by atoms with Gasteiger partial charge in [-0.3, -0.25) is 0 Å². The molecule has 1 aromatic heterocycles. The standard InChI is InChI=1S/C20H27ClN4S2/c1-3-24-9-11-25(12-10-24)19(18-8-5-13-27-18)15(2)22-20(26)23-17-7-4-6-16(21)14-17/h4-8,13-15,19H,3,9-12H2,1-2H3,(H2,22,23,26)/p+2/t15-,19-/m0/s1. The van der Waals surface area contributed by atoms with Crippen molar-refractivity contribution < 1.29 is 9.80 Å². The number of anilines is 1. The average Bonchev–Trinajstić information content (AvgIpc) is 3.16. The number of benzene rings is 1. The number of rotatable bonds is 6. The summed E-state index contributed by atoms with van der Waals surface area (Å²) in [6.07, 6.45) is 0. The molecule has 4 nitrogen and oxygen atoms in total. The lowest BCUT2D eigenvalue weighted by molar-refractivity contribution is -1.03. The van der Waals surface area contributed by atoms with Crippen molar-refractivity contribution in [2.24, 2.45) is 0 Å². The van der Waals surface area contributed by atoms with Crippen molar-refractivity contribution in [1.29, 1.82) is 0 Å². The first-order chi connectivity index (χ1) is 13.1. The Morgan fingerprint density at radius 1 is 1.22 bits per heavy atom. The summed E-state index contributed by atoms with van der Waals surface area (Å²) in [6.45, 7) is 10.6. The first kappa shape index (κ1) is 20.6. The smallest absolute Gasteiger partial charge is 0.171 e. The second kappa shape index (κ2) is 9.85. The third-order valence-corrected chi connectivity index (χ3v) is 6.74. The number of quaternary nitrogens is 2. The summed E-state index contributed by atoms with van der Waals surface area (Å²) in [4.78, 5) is 4.79. The van der Waals surface area contributed by atoms with E-state index in [4.69, 9.17) is 23.8 Å². The molecule has 1 aliphatic rings. The number of piperazine rings is 1. The second-order valence-corrected chi connectivity index (χ2v) is 8.98. The van der Waals surface area contributed by atoms with Crippen LogP contribution in [0.2, 0.25) is 5.02 Å². The number of likely N-dealkylation sites (N-methyl/N-ethyl adjacent to an activating group) is 1. The third kappa shape index (κ3) is 5.65. The van der Waals surface area contributed by atoms with Gasteiger partial charge in [-0.05, 0) is 55.7 Å². The molecule has 2 atom stereocenters. The highest BCUT2D eigenvalue weighted by molar-refractivity contribution is 7.80. The maximum absolute atomic E-state index is 6.07. The van der Waals surface area contributed by atoms with Gasteiger partial charge in [-0.25, -0.2) is 0 Å². The van der Waals surface area contributed by atoms with Gasteiger partial charge < -0.3 is 20.4 Å². The molecule has 0 aliphatic carbocycles. The summed E-state index contributed by atoms with van der Waals surface area (Å²) in [5, 5.41) is 10.3. The summed E-state index contributed by atoms with van der Waals surface area (Å²) in [5.74, 6) is 0. The van der Waals surface area contributed by atoms with Gasteiger partial charge in [-0.2, -0.15) is 0 Å². The molecule has 2 aromatic rings. The van der Waals surface area contributed by atoms with E-state index in [1.54, 1.807) is 9.80 Å². The quantitative estimate of drug-likeness (QED) is 0.532. The fourth-order valence-corrected chi connectivity index (χ4v) is 5.36. The Bertz CT molecular complexity index is 729. The lowest BCUT2D eigenvalue weighted by atomic mass is 10.1. The zero-order chi connectivity index (χ0) is 19.2. The molecule has 1 fully saturated rings. The lowest BCUT2D eigenvalue weighted by Crippen LogP contribution is -3.28. The predicted octanol–water partition coefficient (Wildman–Crippen LogP) is 1.62. The van der Waals surface area contributed by atoms with Crippen LogP contribution >= 0.6 is 35.2 Å². The molecule has 0 spiro atoms. The molecule has 1 saturated heterocycles. The SMILES string of the molecule is CC[NH+]1CC[NH+]([C@H](c2cccs2)[C@H](C)NC(=S)Nc2cccc(Cl)c2)CC1. The maximum Gasteiger partial charge on any atom is 0.171 e. The monoisotopic (exact) mass is 424 g/mol. The highest BCUT2D eigenvalue weighted by Gasteiger charge is 2.34. The number of thiocarbonyl (C=S) groups is 1. The highest BCUT2D eigenvalue weighted by Crippen LogP contribution is 2.20. The molecule has 27 heavy (non-hydrogen) atoms. The van der Waals surface area contributed by atoms with Crippen LogP contribution in [0.5, 0.6) is 0 Å². The van der Waals surface area contributed by atoms with Crippen molar-refractivity contribution in [2.45, 2.75) is 25.9 Å². The van der Waals surface area contributed by atoms with E-state index in [1.807, 2.05) is 35.6 Å². The topological polar surface area (TPSA) is 32.9 Å². The molecule has 4 N–H and O–H groups in total. The van der Waals surface area contributed by atoms with Crippen molar-refractivity contribution >= 4 is 46.0 Å². The van der Waals surface area contributed by atoms with Crippen molar-refractivity contribution in [3.63, 3.8) is 0 Å². The van der Waals surface area contributed by atoms with E-state index in [0.29, 0.717) is 16.2 Å². The molecule has 3 rings (SSSR count). The Morgan fingerprint density at radius 2 is 2.00 bits per heavy atom. The lowest BCUT2D eigenvalue weighted by Gasteiger charge is -2.37. The van der Waals surface area contributed by atoms with E-state index < -0.39 is 0 Å². The Balaban J connectivity index is 1.66. The summed E-state index contributed by atoms with van der Waals surface area (Å²) in [5.41, 5.74) is 0.910. The highest BCUT2D eigenvalue weighted by atomic mass is 35.5. The van der Waals surface area contributed by atoms with Crippen LogP contribution in [0.3, 0.4) is 0 Å². The molecule has 1 aliphatic heterocycles. The second-order valence-electron chi connectivity index (χ2n) is 7.15. The largest absolute Gasteiger partial charge is 0.354 e. The third-order valence-electron chi connectivity index (χ3n) is 5.33. The van der Waals surface area contributed by atoms with Crippen LogP contribution in [0.25, 0.3) is 0 Å². The molecule has 0 saturated carbocycles. The minimum Gasteiger partial charge on any atom is -0.354 e. The molecule has 146 valence electrons. The van der Waals surface area contributed by atoms with E-state index in [-0.39, 0.29) is 6.04 Å². The fraction of sp³-hybridized carbons (Fsp3) is 0.450. The molecule has 2 heterocycles. The minimum absolute atomic E-state index is 0.237. The van der Waals surface area contributed by atoms with E-state index in [1.165, 1.54) is 37.6 Å². The van der Waals surface area contributed by atoms with Gasteiger partial charge in [0.15, 0.2) is 5.11 Å². The van der Waals surface area contributed by atoms with Crippen LogP contribution in [0.15, 0.2) is 41.8 Å². The van der Waals surface area contributed by atoms with Gasteiger partial charge in [0, 0.05) is 10.7 Å².